The fraction of sp³-hybridized carbons (Fsp3) is 0.167. The van der Waals surface area contributed by atoms with E-state index in [-0.39, 0.29) is 0 Å². The summed E-state index contributed by atoms with van der Waals surface area (Å²) in [7, 11) is 0. The molecule has 1 aromatic carbocycles. The summed E-state index contributed by atoms with van der Waals surface area (Å²) in [5.41, 5.74) is 1.30. The van der Waals surface area contributed by atoms with Gasteiger partial charge in [0.25, 0.3) is 0 Å². The maximum atomic E-state index is 13.2. The minimum atomic E-state index is -1.13. The van der Waals surface area contributed by atoms with Crippen LogP contribution >= 0.6 is 22.9 Å². The van der Waals surface area contributed by atoms with Crippen molar-refractivity contribution in [3.05, 3.63) is 45.3 Å². The Morgan fingerprint density at radius 1 is 1.53 bits per heavy atom. The molecule has 2 aromatic rings. The second kappa shape index (κ2) is 5.54. The summed E-state index contributed by atoms with van der Waals surface area (Å²) < 4.78 is 13.2. The topological polar surface area (TPSA) is 62.2 Å². The van der Waals surface area contributed by atoms with Crippen LogP contribution in [0, 0.1) is 12.7 Å². The van der Waals surface area contributed by atoms with E-state index in [4.69, 9.17) is 16.7 Å². The predicted molar refractivity (Wildman–Crippen MR) is 72.7 cm³/mol. The van der Waals surface area contributed by atoms with Crippen LogP contribution in [0.1, 0.15) is 16.3 Å². The molecule has 100 valence electrons. The van der Waals surface area contributed by atoms with Crippen molar-refractivity contribution < 1.29 is 14.3 Å². The standard InChI is InChI=1S/C12H10ClFN2O2S/c1-6-11(16-12(17)18)19-10(15-6)4-7-2-8(13)5-9(14)3-7/h2-3,5,16H,4H2,1H3,(H,17,18). The number of benzene rings is 1. The first-order chi connectivity index (χ1) is 8.94. The number of thiazole rings is 1. The van der Waals surface area contributed by atoms with E-state index in [2.05, 4.69) is 10.3 Å². The van der Waals surface area contributed by atoms with Gasteiger partial charge in [-0.25, -0.2) is 14.2 Å². The van der Waals surface area contributed by atoms with Crippen LogP contribution in [0.5, 0.6) is 0 Å². The van der Waals surface area contributed by atoms with Crippen molar-refractivity contribution in [2.24, 2.45) is 0 Å². The zero-order valence-electron chi connectivity index (χ0n) is 9.91. The second-order valence-corrected chi connectivity index (χ2v) is 5.43. The summed E-state index contributed by atoms with van der Waals surface area (Å²) in [6.45, 7) is 1.71. The van der Waals surface area contributed by atoms with E-state index in [0.29, 0.717) is 32.7 Å². The number of halogens is 2. The summed E-state index contributed by atoms with van der Waals surface area (Å²) in [6, 6.07) is 4.27. The largest absolute Gasteiger partial charge is 0.465 e. The van der Waals surface area contributed by atoms with Gasteiger partial charge in [-0.15, -0.1) is 11.3 Å². The molecule has 0 aliphatic heterocycles. The maximum Gasteiger partial charge on any atom is 0.409 e. The van der Waals surface area contributed by atoms with Crippen molar-refractivity contribution in [1.29, 1.82) is 0 Å². The molecule has 7 heteroatoms. The third kappa shape index (κ3) is 3.65. The molecule has 19 heavy (non-hydrogen) atoms. The normalized spacial score (nSPS) is 10.5. The van der Waals surface area contributed by atoms with Crippen molar-refractivity contribution in [3.63, 3.8) is 0 Å². The highest BCUT2D eigenvalue weighted by Crippen LogP contribution is 2.26. The molecule has 0 fully saturated rings. The van der Waals surface area contributed by atoms with Crippen molar-refractivity contribution in [2.45, 2.75) is 13.3 Å². The van der Waals surface area contributed by atoms with Gasteiger partial charge in [-0.1, -0.05) is 11.6 Å². The van der Waals surface area contributed by atoms with E-state index in [1.807, 2.05) is 0 Å². The van der Waals surface area contributed by atoms with Gasteiger partial charge in [0, 0.05) is 11.4 Å². The number of nitrogens with zero attached hydrogens (tertiary/aromatic N) is 1. The summed E-state index contributed by atoms with van der Waals surface area (Å²) in [4.78, 5) is 14.8. The molecule has 1 aromatic heterocycles. The van der Waals surface area contributed by atoms with Gasteiger partial charge in [-0.3, -0.25) is 5.32 Å². The number of aromatic nitrogens is 1. The summed E-state index contributed by atoms with van der Waals surface area (Å²) in [6.07, 6.45) is -0.725. The summed E-state index contributed by atoms with van der Waals surface area (Å²) in [5, 5.41) is 12.4. The minimum Gasteiger partial charge on any atom is -0.465 e. The van der Waals surface area contributed by atoms with Crippen LogP contribution in [-0.2, 0) is 6.42 Å². The van der Waals surface area contributed by atoms with Crippen LogP contribution in [0.3, 0.4) is 0 Å². The lowest BCUT2D eigenvalue weighted by Gasteiger charge is -1.99. The lowest BCUT2D eigenvalue weighted by atomic mass is 10.1. The zero-order chi connectivity index (χ0) is 14.0. The first kappa shape index (κ1) is 13.8. The molecule has 0 atom stereocenters. The van der Waals surface area contributed by atoms with E-state index < -0.39 is 11.9 Å². The van der Waals surface area contributed by atoms with E-state index in [9.17, 15) is 9.18 Å². The fourth-order valence-corrected chi connectivity index (χ4v) is 2.86. The second-order valence-electron chi connectivity index (χ2n) is 3.91. The average molecular weight is 301 g/mol. The lowest BCUT2D eigenvalue weighted by molar-refractivity contribution is 0.210. The molecule has 4 nitrogen and oxygen atoms in total. The maximum absolute atomic E-state index is 13.2. The van der Waals surface area contributed by atoms with Gasteiger partial charge < -0.3 is 5.11 Å². The summed E-state index contributed by atoms with van der Waals surface area (Å²) >= 11 is 7.00. The molecule has 0 bridgehead atoms. The van der Waals surface area contributed by atoms with Gasteiger partial charge in [0.05, 0.1) is 10.7 Å². The van der Waals surface area contributed by atoms with Crippen LogP contribution < -0.4 is 5.32 Å². The van der Waals surface area contributed by atoms with Gasteiger partial charge in [0.1, 0.15) is 10.8 Å². The number of carbonyl (C=O) groups is 1. The van der Waals surface area contributed by atoms with Crippen LogP contribution in [0.4, 0.5) is 14.2 Å². The highest BCUT2D eigenvalue weighted by atomic mass is 35.5. The van der Waals surface area contributed by atoms with E-state index in [1.54, 1.807) is 13.0 Å². The smallest absolute Gasteiger partial charge is 0.409 e. The molecule has 0 saturated heterocycles. The Balaban J connectivity index is 2.21. The third-order valence-corrected chi connectivity index (χ3v) is 3.63. The van der Waals surface area contributed by atoms with Crippen LogP contribution in [0.2, 0.25) is 5.02 Å². The molecule has 2 rings (SSSR count). The molecule has 2 N–H and O–H groups in total. The molecule has 0 unspecified atom stereocenters. The number of hydrogen-bond acceptors (Lipinski definition) is 3. The third-order valence-electron chi connectivity index (χ3n) is 2.34. The highest BCUT2D eigenvalue weighted by molar-refractivity contribution is 7.16. The zero-order valence-corrected chi connectivity index (χ0v) is 11.5. The molecule has 1 amide bonds. The number of hydrogen-bond donors (Lipinski definition) is 2. The number of rotatable bonds is 3. The van der Waals surface area contributed by atoms with Crippen LogP contribution in [-0.4, -0.2) is 16.2 Å². The molecule has 0 aliphatic rings. The van der Waals surface area contributed by atoms with Crippen LogP contribution in [0.25, 0.3) is 0 Å². The van der Waals surface area contributed by atoms with E-state index >= 15 is 0 Å². The monoisotopic (exact) mass is 300 g/mol. The average Bonchev–Trinajstić information content (AvgIpc) is 2.56. The van der Waals surface area contributed by atoms with E-state index in [0.717, 1.165) is 0 Å². The van der Waals surface area contributed by atoms with Gasteiger partial charge in [-0.05, 0) is 30.7 Å². The molecule has 0 spiro atoms. The molecular formula is C12H10ClFN2O2S. The Morgan fingerprint density at radius 2 is 2.26 bits per heavy atom. The Morgan fingerprint density at radius 3 is 2.89 bits per heavy atom. The van der Waals surface area contributed by atoms with Gasteiger partial charge >= 0.3 is 6.09 Å². The number of anilines is 1. The number of carboxylic acid groups (broad SMARTS) is 1. The Bertz CT molecular complexity index is 610. The van der Waals surface area contributed by atoms with Crippen molar-refractivity contribution in [2.75, 3.05) is 5.32 Å². The predicted octanol–water partition coefficient (Wildman–Crippen LogP) is 3.92. The van der Waals surface area contributed by atoms with Crippen molar-refractivity contribution >= 4 is 34.0 Å². The number of nitrogens with one attached hydrogen (secondary N) is 1. The molecule has 1 heterocycles. The molecule has 0 saturated carbocycles. The summed E-state index contributed by atoms with van der Waals surface area (Å²) in [5.74, 6) is -0.403. The molecular weight excluding hydrogens is 291 g/mol. The molecule has 0 radical (unpaired) electrons. The SMILES string of the molecule is Cc1nc(Cc2cc(F)cc(Cl)c2)sc1NC(=O)O. The Kier molecular flexibility index (Phi) is 4.01. The first-order valence-electron chi connectivity index (χ1n) is 5.35. The van der Waals surface area contributed by atoms with Crippen molar-refractivity contribution in [1.82, 2.24) is 4.98 Å². The number of aryl methyl sites for hydroxylation is 1. The van der Waals surface area contributed by atoms with Gasteiger partial charge in [-0.2, -0.15) is 0 Å². The minimum absolute atomic E-state index is 0.326. The van der Waals surface area contributed by atoms with Gasteiger partial charge in [0.2, 0.25) is 0 Å². The lowest BCUT2D eigenvalue weighted by Crippen LogP contribution is -2.06. The Labute approximate surface area is 117 Å². The fourth-order valence-electron chi connectivity index (χ4n) is 1.63. The molecule has 0 aliphatic carbocycles. The van der Waals surface area contributed by atoms with Gasteiger partial charge in [0.15, 0.2) is 0 Å². The quantitative estimate of drug-likeness (QED) is 0.903. The Hall–Kier alpha value is -1.66. The highest BCUT2D eigenvalue weighted by Gasteiger charge is 2.11. The first-order valence-corrected chi connectivity index (χ1v) is 6.54. The number of amides is 1. The van der Waals surface area contributed by atoms with Crippen molar-refractivity contribution in [3.8, 4) is 0 Å². The van der Waals surface area contributed by atoms with Crippen LogP contribution in [0.15, 0.2) is 18.2 Å². The van der Waals surface area contributed by atoms with E-state index in [1.165, 1.54) is 23.5 Å².